The maximum absolute atomic E-state index is 14.7. The van der Waals surface area contributed by atoms with Gasteiger partial charge in [0.1, 0.15) is 33.7 Å². The Kier molecular flexibility index (Phi) is 8.89. The fourth-order valence-corrected chi connectivity index (χ4v) is 11.2. The Labute approximate surface area is 343 Å². The van der Waals surface area contributed by atoms with Crippen molar-refractivity contribution in [3.63, 3.8) is 0 Å². The maximum Gasteiger partial charge on any atom is 0.312 e. The van der Waals surface area contributed by atoms with E-state index in [2.05, 4.69) is 37.9 Å². The van der Waals surface area contributed by atoms with Crippen LogP contribution in [0.1, 0.15) is 84.2 Å². The molecule has 10 atom stereocenters. The molecule has 2 unspecified atom stereocenters. The summed E-state index contributed by atoms with van der Waals surface area (Å²) in [5.41, 5.74) is -1.50. The van der Waals surface area contributed by atoms with E-state index in [1.165, 1.54) is 13.2 Å². The van der Waals surface area contributed by atoms with E-state index in [1.807, 2.05) is 26.0 Å². The van der Waals surface area contributed by atoms with Crippen LogP contribution in [0.5, 0.6) is 17.2 Å². The number of phenols is 2. The lowest BCUT2D eigenvalue weighted by molar-refractivity contribution is -0.112. The molecule has 1 aliphatic carbocycles. The van der Waals surface area contributed by atoms with Crippen molar-refractivity contribution in [1.82, 2.24) is 4.90 Å². The molecule has 4 N–H and O–H groups in total. The van der Waals surface area contributed by atoms with Gasteiger partial charge in [0.2, 0.25) is 5.79 Å². The smallest absolute Gasteiger partial charge is 0.312 e. The number of Topliss-reactive ketones (excluding diaryl/α,β-unsaturated/α-hetero) is 1. The summed E-state index contributed by atoms with van der Waals surface area (Å²) in [6, 6.07) is 0. The van der Waals surface area contributed by atoms with Gasteiger partial charge in [0.05, 0.1) is 34.8 Å². The molecular formula is C45H56N4O10. The van der Waals surface area contributed by atoms with Crippen molar-refractivity contribution in [2.45, 2.75) is 116 Å². The molecule has 2 aromatic carbocycles. The molecule has 4 fully saturated rings. The van der Waals surface area contributed by atoms with Crippen molar-refractivity contribution in [2.75, 3.05) is 32.1 Å². The lowest BCUT2D eigenvalue weighted by Crippen LogP contribution is -2.58. The zero-order chi connectivity index (χ0) is 42.4. The number of nitrogens with one attached hydrogen (secondary N) is 1. The number of ketones is 1. The second kappa shape index (κ2) is 13.1. The number of methoxy groups -OCH3 is 1. The number of rotatable bonds is 3. The number of phenolic OH excluding ortho intramolecular Hbond substituents is 2. The molecule has 14 heteroatoms. The van der Waals surface area contributed by atoms with Gasteiger partial charge in [-0.15, -0.1) is 0 Å². The summed E-state index contributed by atoms with van der Waals surface area (Å²) in [7, 11) is 1.54. The first-order chi connectivity index (χ1) is 27.8. The molecule has 1 saturated carbocycles. The minimum atomic E-state index is -1.89. The highest BCUT2D eigenvalue weighted by Crippen LogP contribution is 2.89. The normalized spacial score (nSPS) is 40.1. The number of nitrogens with zero attached hydrogens (tertiary/aromatic N) is 3. The molecule has 8 aliphatic rings. The summed E-state index contributed by atoms with van der Waals surface area (Å²) >= 11 is 0. The number of allylic oxidation sites excluding steroid dienone is 2. The van der Waals surface area contributed by atoms with Crippen LogP contribution >= 0.6 is 0 Å². The highest BCUT2D eigenvalue weighted by atomic mass is 16.9. The molecule has 59 heavy (non-hydrogen) atoms. The van der Waals surface area contributed by atoms with Crippen LogP contribution in [-0.2, 0) is 23.7 Å². The molecule has 4 spiro atoms. The third-order valence-corrected chi connectivity index (χ3v) is 14.6. The van der Waals surface area contributed by atoms with Crippen LogP contribution in [0, 0.1) is 36.5 Å². The van der Waals surface area contributed by atoms with Crippen LogP contribution in [0.15, 0.2) is 46.1 Å². The molecule has 7 aliphatic heterocycles. The first-order valence-electron chi connectivity index (χ1n) is 21.0. The number of hydrogen-bond donors (Lipinski definition) is 4. The number of likely N-dealkylation sites (tertiary alicyclic amines) is 1. The van der Waals surface area contributed by atoms with E-state index in [9.17, 15) is 24.9 Å². The number of aliphatic hydroxyl groups excluding tert-OH is 1. The predicted molar refractivity (Wildman–Crippen MR) is 217 cm³/mol. The van der Waals surface area contributed by atoms with Crippen LogP contribution in [0.25, 0.3) is 10.8 Å². The summed E-state index contributed by atoms with van der Waals surface area (Å²) in [5, 5.41) is 39.3. The Morgan fingerprint density at radius 2 is 1.66 bits per heavy atom. The van der Waals surface area contributed by atoms with Gasteiger partial charge in [0.25, 0.3) is 11.7 Å². The molecule has 316 valence electrons. The number of hydrogen-bond acceptors (Lipinski definition) is 13. The Morgan fingerprint density at radius 1 is 0.983 bits per heavy atom. The minimum absolute atomic E-state index is 0.000917. The number of carbonyl (C=O) groups is 2. The van der Waals surface area contributed by atoms with Crippen LogP contribution in [-0.4, -0.2) is 99.3 Å². The van der Waals surface area contributed by atoms with Crippen LogP contribution in [0.2, 0.25) is 0 Å². The van der Waals surface area contributed by atoms with Gasteiger partial charge in [-0.2, -0.15) is 0 Å². The van der Waals surface area contributed by atoms with Crippen LogP contribution < -0.4 is 20.8 Å². The van der Waals surface area contributed by atoms with Crippen molar-refractivity contribution in [2.24, 2.45) is 39.6 Å². The van der Waals surface area contributed by atoms with Gasteiger partial charge in [-0.25, -0.2) is 0 Å². The van der Waals surface area contributed by atoms with E-state index in [1.54, 1.807) is 33.1 Å². The molecule has 1 amide bonds. The summed E-state index contributed by atoms with van der Waals surface area (Å²) in [5.74, 6) is -4.75. The van der Waals surface area contributed by atoms with E-state index in [-0.39, 0.29) is 67.6 Å². The Bertz CT molecular complexity index is 2420. The van der Waals surface area contributed by atoms with Gasteiger partial charge in [0, 0.05) is 86.7 Å². The SMILES string of the molecule is CO[C@H]1/C=C/O[C@@]2(C)Oc3c(C)c(O)c4c(O)c(c5c(c4c3C2=O)=NC2(CCN(CC(C)C)CC2)N=5)NC(=O)/C(C)=C\C=C\[C@H](C)C23OC24O[C@]4([C@@H]3C)[C@@H](C)[C@H](O)[C@@H]1C. The van der Waals surface area contributed by atoms with Crippen LogP contribution in [0.3, 0.4) is 0 Å². The maximum atomic E-state index is 14.7. The number of piperidine rings is 1. The number of aliphatic hydroxyl groups is 1. The Hall–Kier alpha value is -4.34. The molecule has 7 heterocycles. The molecule has 3 saturated heterocycles. The first-order valence-corrected chi connectivity index (χ1v) is 21.0. The minimum Gasteiger partial charge on any atom is -0.507 e. The van der Waals surface area contributed by atoms with Crippen molar-refractivity contribution >= 4 is 28.2 Å². The first kappa shape index (κ1) is 40.1. The molecular weight excluding hydrogens is 757 g/mol. The Morgan fingerprint density at radius 3 is 2.32 bits per heavy atom. The average molecular weight is 813 g/mol. The summed E-state index contributed by atoms with van der Waals surface area (Å²) in [6.07, 6.45) is 8.17. The van der Waals surface area contributed by atoms with Gasteiger partial charge in [-0.3, -0.25) is 19.6 Å². The van der Waals surface area contributed by atoms with Crippen molar-refractivity contribution in [3.8, 4) is 17.2 Å². The summed E-state index contributed by atoms with van der Waals surface area (Å²) < 4.78 is 31.1. The fourth-order valence-electron chi connectivity index (χ4n) is 11.2. The van der Waals surface area contributed by atoms with E-state index in [0.717, 1.165) is 19.6 Å². The number of ether oxygens (including phenoxy) is 5. The molecule has 0 aromatic heterocycles. The number of aromatic hydroxyl groups is 2. The summed E-state index contributed by atoms with van der Waals surface area (Å²) in [6.45, 7) is 19.5. The number of anilines is 1. The molecule has 0 radical (unpaired) electrons. The summed E-state index contributed by atoms with van der Waals surface area (Å²) in [4.78, 5) is 41.4. The number of carbonyl (C=O) groups excluding carboxylic acids is 2. The molecule has 7 bridgehead atoms. The lowest BCUT2D eigenvalue weighted by Gasteiger charge is -2.41. The lowest BCUT2D eigenvalue weighted by atomic mass is 9.56. The molecule has 10 rings (SSSR count). The topological polar surface area (TPSA) is 188 Å². The van der Waals surface area contributed by atoms with Gasteiger partial charge in [-0.05, 0) is 25.8 Å². The monoisotopic (exact) mass is 812 g/mol. The largest absolute Gasteiger partial charge is 0.507 e. The van der Waals surface area contributed by atoms with E-state index in [0.29, 0.717) is 24.3 Å². The van der Waals surface area contributed by atoms with Crippen molar-refractivity contribution < 1.29 is 48.6 Å². The van der Waals surface area contributed by atoms with Gasteiger partial charge in [-0.1, -0.05) is 59.8 Å². The van der Waals surface area contributed by atoms with Crippen molar-refractivity contribution in [1.29, 1.82) is 0 Å². The van der Waals surface area contributed by atoms with E-state index in [4.69, 9.17) is 33.7 Å². The zero-order valence-electron chi connectivity index (χ0n) is 35.5. The van der Waals surface area contributed by atoms with Gasteiger partial charge >= 0.3 is 5.79 Å². The average Bonchev–Trinajstić information content (AvgIpc) is 3.92. The highest BCUT2D eigenvalue weighted by molar-refractivity contribution is 6.19. The van der Waals surface area contributed by atoms with Gasteiger partial charge < -0.3 is 49.2 Å². The number of epoxide rings is 2. The standard InChI is InChI=1S/C45H56N4O10/c1-21(2)20-49-17-15-42(16-18-49)47-32-29-30-36(51)25(6)38-31(29)39(53)41(9,57-38)56-19-14-28(55-10)24(5)35(50)26(7)44-27(8)43(45(44,58-43)59-44)23(4)13-11-12-22(3)40(54)46-34(37(30)52)33(32)48-42/h11-14,19,21,23-24,26-28,35,50-52H,15-18,20H2,1-10H3,(H,46,54)/b13-11+,19-14+,22-12-/t23-,24+,26-,27+,28-,35+,41-,43?,44-,45?/m0/s1. The number of amides is 1. The number of fused-ring (bicyclic) bond motifs is 9. The highest BCUT2D eigenvalue weighted by Gasteiger charge is 3.08. The number of benzene rings is 2. The second-order valence-corrected chi connectivity index (χ2v) is 18.5. The quantitative estimate of drug-likeness (QED) is 0.249. The zero-order valence-corrected chi connectivity index (χ0v) is 35.5. The third kappa shape index (κ3) is 5.22. The van der Waals surface area contributed by atoms with E-state index < -0.39 is 64.0 Å². The molecule has 2 aromatic rings. The van der Waals surface area contributed by atoms with Gasteiger partial charge in [0.15, 0.2) is 11.4 Å². The van der Waals surface area contributed by atoms with Crippen molar-refractivity contribution in [3.05, 3.63) is 58.0 Å². The second-order valence-electron chi connectivity index (χ2n) is 18.5. The molecule has 14 nitrogen and oxygen atoms in total. The van der Waals surface area contributed by atoms with E-state index >= 15 is 0 Å². The Balaban J connectivity index is 1.18. The fraction of sp³-hybridized carbons (Fsp3) is 0.600. The predicted octanol–water partition coefficient (Wildman–Crippen LogP) is 4.70. The third-order valence-electron chi connectivity index (χ3n) is 14.6. The van der Waals surface area contributed by atoms with Crippen LogP contribution in [0.4, 0.5) is 5.69 Å².